The van der Waals surface area contributed by atoms with Gasteiger partial charge in [0.15, 0.2) is 0 Å². The molecule has 1 N–H and O–H groups in total. The summed E-state index contributed by atoms with van der Waals surface area (Å²) in [7, 11) is 0. The topological polar surface area (TPSA) is 74.7 Å². The Morgan fingerprint density at radius 2 is 1.73 bits per heavy atom. The zero-order valence-electron chi connectivity index (χ0n) is 8.51. The number of rotatable bonds is 2. The Balaban J connectivity index is 2.46. The third kappa shape index (κ3) is 1.38. The van der Waals surface area contributed by atoms with E-state index in [0.29, 0.717) is 4.90 Å². The van der Waals surface area contributed by atoms with Crippen LogP contribution < -0.4 is 0 Å². The van der Waals surface area contributed by atoms with Gasteiger partial charge in [0, 0.05) is 0 Å². The number of carbonyl (C=O) groups excluding carboxylic acids is 2. The third-order valence-electron chi connectivity index (χ3n) is 2.07. The Kier molecular flexibility index (Phi) is 1.74. The second-order valence-electron chi connectivity index (χ2n) is 2.99. The fourth-order valence-corrected chi connectivity index (χ4v) is 1.44. The number of hydrogen-bond donors (Lipinski definition) is 1. The van der Waals surface area contributed by atoms with Gasteiger partial charge in [0.1, 0.15) is 6.52 Å². The van der Waals surface area contributed by atoms with Crippen LogP contribution in [0.4, 0.5) is 0 Å². The van der Waals surface area contributed by atoms with Crippen molar-refractivity contribution >= 4 is 17.8 Å². The van der Waals surface area contributed by atoms with Gasteiger partial charge in [0.25, 0.3) is 11.8 Å². The SMILES string of the molecule is [2H][C@H](C(=O)O)N1C(=O)c2ccccc2C1=O. The van der Waals surface area contributed by atoms with E-state index in [1.165, 1.54) is 12.1 Å². The number of amides is 2. The fraction of sp³-hybridized carbons (Fsp3) is 0.100. The van der Waals surface area contributed by atoms with Crippen LogP contribution in [0.1, 0.15) is 22.1 Å². The maximum absolute atomic E-state index is 11.7. The molecule has 0 saturated carbocycles. The molecular weight excluding hydrogens is 198 g/mol. The van der Waals surface area contributed by atoms with Crippen LogP contribution in [0, 0.1) is 0 Å². The van der Waals surface area contributed by atoms with Crippen LogP contribution in [0.15, 0.2) is 24.3 Å². The predicted octanol–water partition coefficient (Wildman–Crippen LogP) is 0.367. The molecule has 1 aliphatic rings. The fourth-order valence-electron chi connectivity index (χ4n) is 1.44. The quantitative estimate of drug-likeness (QED) is 0.709. The average molecular weight is 206 g/mol. The predicted molar refractivity (Wildman–Crippen MR) is 49.4 cm³/mol. The van der Waals surface area contributed by atoms with Gasteiger partial charge < -0.3 is 5.11 Å². The Bertz CT molecular complexity index is 464. The largest absolute Gasteiger partial charge is 0.480 e. The van der Waals surface area contributed by atoms with Crippen molar-refractivity contribution in [2.75, 3.05) is 6.52 Å². The van der Waals surface area contributed by atoms with Crippen LogP contribution in [-0.4, -0.2) is 34.3 Å². The van der Waals surface area contributed by atoms with Gasteiger partial charge in [0.05, 0.1) is 12.5 Å². The molecule has 1 aromatic carbocycles. The van der Waals surface area contributed by atoms with Gasteiger partial charge >= 0.3 is 5.97 Å². The van der Waals surface area contributed by atoms with Crippen molar-refractivity contribution in [2.24, 2.45) is 0 Å². The number of nitrogens with zero attached hydrogens (tertiary/aromatic N) is 1. The number of fused-ring (bicyclic) bond motifs is 1. The first-order valence-corrected chi connectivity index (χ1v) is 4.16. The van der Waals surface area contributed by atoms with Crippen molar-refractivity contribution in [1.82, 2.24) is 4.90 Å². The maximum Gasteiger partial charge on any atom is 0.323 e. The first kappa shape index (κ1) is 8.16. The summed E-state index contributed by atoms with van der Waals surface area (Å²) in [4.78, 5) is 34.4. The lowest BCUT2D eigenvalue weighted by atomic mass is 10.1. The number of carbonyl (C=O) groups is 3. The number of carboxylic acids is 1. The van der Waals surface area contributed by atoms with Crippen molar-refractivity contribution in [2.45, 2.75) is 0 Å². The molecule has 0 spiro atoms. The normalized spacial score (nSPS) is 17.3. The summed E-state index contributed by atoms with van der Waals surface area (Å²) in [5.74, 6) is -3.00. The van der Waals surface area contributed by atoms with E-state index in [-0.39, 0.29) is 11.1 Å². The molecule has 1 atom stereocenters. The van der Waals surface area contributed by atoms with E-state index in [9.17, 15) is 14.4 Å². The first-order valence-electron chi connectivity index (χ1n) is 4.73. The zero-order chi connectivity index (χ0) is 11.9. The van der Waals surface area contributed by atoms with Gasteiger partial charge in [0.2, 0.25) is 0 Å². The highest BCUT2D eigenvalue weighted by atomic mass is 16.4. The van der Waals surface area contributed by atoms with Crippen molar-refractivity contribution in [1.29, 1.82) is 0 Å². The molecule has 0 fully saturated rings. The van der Waals surface area contributed by atoms with Crippen LogP contribution >= 0.6 is 0 Å². The Morgan fingerprint density at radius 3 is 2.13 bits per heavy atom. The minimum absolute atomic E-state index is 0.144. The van der Waals surface area contributed by atoms with Crippen LogP contribution in [-0.2, 0) is 4.79 Å². The van der Waals surface area contributed by atoms with Crippen molar-refractivity contribution in [3.8, 4) is 0 Å². The van der Waals surface area contributed by atoms with E-state index in [2.05, 4.69) is 0 Å². The van der Waals surface area contributed by atoms with E-state index < -0.39 is 24.3 Å². The second kappa shape index (κ2) is 3.20. The Hall–Kier alpha value is -2.17. The van der Waals surface area contributed by atoms with E-state index in [0.717, 1.165) is 0 Å². The summed E-state index contributed by atoms with van der Waals surface area (Å²) < 4.78 is 7.25. The van der Waals surface area contributed by atoms with Gasteiger partial charge in [-0.15, -0.1) is 0 Å². The van der Waals surface area contributed by atoms with Gasteiger partial charge in [-0.1, -0.05) is 12.1 Å². The molecule has 0 radical (unpaired) electrons. The highest BCUT2D eigenvalue weighted by Crippen LogP contribution is 2.21. The molecule has 1 aromatic rings. The zero-order valence-corrected chi connectivity index (χ0v) is 7.51. The molecular formula is C10H7NO4. The smallest absolute Gasteiger partial charge is 0.323 e. The average Bonchev–Trinajstić information content (AvgIpc) is 2.52. The Morgan fingerprint density at radius 1 is 1.27 bits per heavy atom. The van der Waals surface area contributed by atoms with E-state index >= 15 is 0 Å². The molecule has 15 heavy (non-hydrogen) atoms. The Labute approximate surface area is 86.3 Å². The maximum atomic E-state index is 11.7. The molecule has 0 aliphatic carbocycles. The monoisotopic (exact) mass is 206 g/mol. The number of hydrogen-bond acceptors (Lipinski definition) is 3. The number of benzene rings is 1. The number of carboxylic acid groups (broad SMARTS) is 1. The number of imide groups is 1. The summed E-state index contributed by atoms with van der Waals surface area (Å²) in [6.45, 7) is -1.90. The van der Waals surface area contributed by atoms with E-state index in [1.807, 2.05) is 0 Å². The molecule has 5 nitrogen and oxygen atoms in total. The summed E-state index contributed by atoms with van der Waals surface area (Å²) >= 11 is 0. The van der Waals surface area contributed by atoms with E-state index in [4.69, 9.17) is 6.48 Å². The molecule has 0 unspecified atom stereocenters. The van der Waals surface area contributed by atoms with Crippen LogP contribution in [0.25, 0.3) is 0 Å². The van der Waals surface area contributed by atoms with Crippen LogP contribution in [0.3, 0.4) is 0 Å². The third-order valence-corrected chi connectivity index (χ3v) is 2.07. The van der Waals surface area contributed by atoms with E-state index in [1.54, 1.807) is 12.1 Å². The summed E-state index contributed by atoms with van der Waals surface area (Å²) in [6.07, 6.45) is 0. The molecule has 5 heteroatoms. The lowest BCUT2D eigenvalue weighted by Gasteiger charge is -2.09. The molecule has 1 heterocycles. The van der Waals surface area contributed by atoms with Crippen LogP contribution in [0.2, 0.25) is 0 Å². The first-order chi connectivity index (χ1) is 7.54. The second-order valence-corrected chi connectivity index (χ2v) is 2.99. The highest BCUT2D eigenvalue weighted by Gasteiger charge is 2.35. The molecule has 2 amide bonds. The van der Waals surface area contributed by atoms with Crippen molar-refractivity contribution in [3.63, 3.8) is 0 Å². The lowest BCUT2D eigenvalue weighted by Crippen LogP contribution is -2.34. The van der Waals surface area contributed by atoms with Gasteiger partial charge in [-0.3, -0.25) is 19.3 Å². The lowest BCUT2D eigenvalue weighted by molar-refractivity contribution is -0.137. The standard InChI is InChI=1S/C10H7NO4/c12-8(13)5-11-9(14)6-3-1-2-4-7(6)10(11)15/h1-4H,5H2,(H,12,13)/i5D/t5-/m1/s1. The summed E-state index contributed by atoms with van der Waals surface area (Å²) in [6, 6.07) is 6.02. The minimum Gasteiger partial charge on any atom is -0.480 e. The molecule has 0 saturated heterocycles. The summed E-state index contributed by atoms with van der Waals surface area (Å²) in [5, 5.41) is 8.62. The van der Waals surface area contributed by atoms with Crippen LogP contribution in [0.5, 0.6) is 0 Å². The molecule has 1 aliphatic heterocycles. The molecule has 2 rings (SSSR count). The molecule has 0 aromatic heterocycles. The highest BCUT2D eigenvalue weighted by molar-refractivity contribution is 6.22. The van der Waals surface area contributed by atoms with Gasteiger partial charge in [-0.25, -0.2) is 0 Å². The molecule has 76 valence electrons. The number of aliphatic carboxylic acids is 1. The van der Waals surface area contributed by atoms with Crippen molar-refractivity contribution < 1.29 is 20.9 Å². The summed E-state index contributed by atoms with van der Waals surface area (Å²) in [5.41, 5.74) is 0.289. The van der Waals surface area contributed by atoms with Crippen molar-refractivity contribution in [3.05, 3.63) is 35.4 Å². The molecule has 0 bridgehead atoms. The van der Waals surface area contributed by atoms with Gasteiger partial charge in [-0.05, 0) is 12.1 Å². The minimum atomic E-state index is -1.90. The van der Waals surface area contributed by atoms with Gasteiger partial charge in [-0.2, -0.15) is 0 Å².